The van der Waals surface area contributed by atoms with Gasteiger partial charge in [-0.15, -0.1) is 0 Å². The van der Waals surface area contributed by atoms with Gasteiger partial charge in [-0.05, 0) is 26.0 Å². The van der Waals surface area contributed by atoms with E-state index in [2.05, 4.69) is 20.1 Å². The van der Waals surface area contributed by atoms with Crippen LogP contribution in [0.3, 0.4) is 0 Å². The Morgan fingerprint density at radius 2 is 1.64 bits per heavy atom. The number of hydrogen-bond acceptors (Lipinski definition) is 5. The molecule has 0 aliphatic rings. The average Bonchev–Trinajstić information content (AvgIpc) is 3.07. The minimum absolute atomic E-state index is 0.327. The zero-order chi connectivity index (χ0) is 18.0. The minimum atomic E-state index is -3.50. The Labute approximate surface area is 146 Å². The van der Waals surface area contributed by atoms with Crippen LogP contribution in [0.5, 0.6) is 0 Å². The number of hydrogen-bond donors (Lipinski definition) is 3. The molecule has 8 heteroatoms. The van der Waals surface area contributed by atoms with E-state index >= 15 is 0 Å². The van der Waals surface area contributed by atoms with Crippen molar-refractivity contribution in [3.8, 4) is 22.5 Å². The molecule has 0 atom stereocenters. The Balaban J connectivity index is 2.04. The van der Waals surface area contributed by atoms with E-state index in [0.29, 0.717) is 28.3 Å². The third-order valence-electron chi connectivity index (χ3n) is 3.79. The van der Waals surface area contributed by atoms with Crippen LogP contribution in [0.15, 0.2) is 48.5 Å². The first-order valence-corrected chi connectivity index (χ1v) is 9.31. The Kier molecular flexibility index (Phi) is 4.45. The third-order valence-corrected chi connectivity index (χ3v) is 5.54. The first-order valence-electron chi connectivity index (χ1n) is 7.76. The Morgan fingerprint density at radius 3 is 2.28 bits per heavy atom. The van der Waals surface area contributed by atoms with E-state index < -0.39 is 15.3 Å². The molecule has 0 aliphatic carbocycles. The van der Waals surface area contributed by atoms with Gasteiger partial charge in [0.15, 0.2) is 0 Å². The van der Waals surface area contributed by atoms with E-state index in [1.165, 1.54) is 0 Å². The topological polar surface area (TPSA) is 114 Å². The van der Waals surface area contributed by atoms with Crippen LogP contribution in [0.4, 0.5) is 11.4 Å². The predicted molar refractivity (Wildman–Crippen MR) is 99.3 cm³/mol. The van der Waals surface area contributed by atoms with Gasteiger partial charge in [0, 0.05) is 11.1 Å². The van der Waals surface area contributed by atoms with Crippen LogP contribution in [-0.4, -0.2) is 29.1 Å². The second kappa shape index (κ2) is 6.56. The molecule has 0 spiro atoms. The highest BCUT2D eigenvalue weighted by atomic mass is 32.2. The number of benzene rings is 2. The fourth-order valence-corrected chi connectivity index (χ4v) is 3.01. The monoisotopic (exact) mass is 357 g/mol. The summed E-state index contributed by atoms with van der Waals surface area (Å²) in [5.41, 5.74) is 9.53. The number of nitrogens with zero attached hydrogens (tertiary/aromatic N) is 2. The van der Waals surface area contributed by atoms with Crippen LogP contribution in [0.25, 0.3) is 22.5 Å². The van der Waals surface area contributed by atoms with E-state index in [-0.39, 0.29) is 0 Å². The molecule has 3 aromatic rings. The molecule has 25 heavy (non-hydrogen) atoms. The molecule has 0 fully saturated rings. The highest BCUT2D eigenvalue weighted by Crippen LogP contribution is 2.32. The number of H-pyrrole nitrogens is 1. The van der Waals surface area contributed by atoms with Crippen molar-refractivity contribution in [1.82, 2.24) is 15.4 Å². The summed E-state index contributed by atoms with van der Waals surface area (Å²) in [7, 11) is -3.50. The standard InChI is InChI=1S/C17H19N5O2S/c1-11(2)25(23,24)21-15-10-13(8-9-14(15)18)17-16(19-22-20-17)12-6-4-3-5-7-12/h3-11,21H,18H2,1-2H3,(H,19,20,22). The van der Waals surface area contributed by atoms with Crippen molar-refractivity contribution in [3.05, 3.63) is 48.5 Å². The molecular weight excluding hydrogens is 338 g/mol. The average molecular weight is 357 g/mol. The SMILES string of the molecule is CC(C)S(=O)(=O)Nc1cc(-c2n[nH]nc2-c2ccccc2)ccc1N. The van der Waals surface area contributed by atoms with Gasteiger partial charge in [0.25, 0.3) is 0 Å². The number of sulfonamides is 1. The molecule has 0 radical (unpaired) electrons. The summed E-state index contributed by atoms with van der Waals surface area (Å²) >= 11 is 0. The third kappa shape index (κ3) is 3.48. The summed E-state index contributed by atoms with van der Waals surface area (Å²) in [6.45, 7) is 3.21. The molecule has 4 N–H and O–H groups in total. The minimum Gasteiger partial charge on any atom is -0.397 e. The molecular formula is C17H19N5O2S. The number of rotatable bonds is 5. The number of aromatic nitrogens is 3. The molecule has 0 saturated carbocycles. The van der Waals surface area contributed by atoms with Crippen molar-refractivity contribution in [3.63, 3.8) is 0 Å². The summed E-state index contributed by atoms with van der Waals surface area (Å²) < 4.78 is 26.8. The van der Waals surface area contributed by atoms with Gasteiger partial charge in [-0.25, -0.2) is 8.42 Å². The van der Waals surface area contributed by atoms with E-state index in [4.69, 9.17) is 5.73 Å². The van der Waals surface area contributed by atoms with Crippen LogP contribution in [-0.2, 0) is 10.0 Å². The van der Waals surface area contributed by atoms with Gasteiger partial charge in [0.1, 0.15) is 11.4 Å². The second-order valence-corrected chi connectivity index (χ2v) is 8.12. The maximum absolute atomic E-state index is 12.1. The molecule has 2 aromatic carbocycles. The van der Waals surface area contributed by atoms with E-state index in [0.717, 1.165) is 5.56 Å². The summed E-state index contributed by atoms with van der Waals surface area (Å²) in [6, 6.07) is 14.7. The molecule has 0 bridgehead atoms. The van der Waals surface area contributed by atoms with Gasteiger partial charge in [-0.2, -0.15) is 15.4 Å². The maximum atomic E-state index is 12.1. The summed E-state index contributed by atoms with van der Waals surface area (Å²) in [5.74, 6) is 0. The first kappa shape index (κ1) is 17.0. The van der Waals surface area contributed by atoms with Crippen molar-refractivity contribution in [2.75, 3.05) is 10.5 Å². The lowest BCUT2D eigenvalue weighted by molar-refractivity contribution is 0.593. The molecule has 1 heterocycles. The molecule has 3 rings (SSSR count). The number of nitrogen functional groups attached to an aromatic ring is 1. The molecule has 130 valence electrons. The van der Waals surface area contributed by atoms with Crippen LogP contribution < -0.4 is 10.5 Å². The van der Waals surface area contributed by atoms with Gasteiger partial charge < -0.3 is 5.73 Å². The highest BCUT2D eigenvalue weighted by Gasteiger charge is 2.19. The Hall–Kier alpha value is -2.87. The highest BCUT2D eigenvalue weighted by molar-refractivity contribution is 7.93. The molecule has 7 nitrogen and oxygen atoms in total. The lowest BCUT2D eigenvalue weighted by Crippen LogP contribution is -2.23. The zero-order valence-corrected chi connectivity index (χ0v) is 14.7. The van der Waals surface area contributed by atoms with Gasteiger partial charge in [-0.3, -0.25) is 4.72 Å². The van der Waals surface area contributed by atoms with Crippen molar-refractivity contribution < 1.29 is 8.42 Å². The van der Waals surface area contributed by atoms with Gasteiger partial charge in [0.05, 0.1) is 16.6 Å². The first-order chi connectivity index (χ1) is 11.9. The quantitative estimate of drug-likeness (QED) is 0.608. The predicted octanol–water partition coefficient (Wildman–Crippen LogP) is 2.87. The lowest BCUT2D eigenvalue weighted by Gasteiger charge is -2.13. The maximum Gasteiger partial charge on any atom is 0.235 e. The van der Waals surface area contributed by atoms with Crippen LogP contribution in [0.2, 0.25) is 0 Å². The Morgan fingerprint density at radius 1 is 1.00 bits per heavy atom. The number of aromatic amines is 1. The number of nitrogens with two attached hydrogens (primary N) is 1. The van der Waals surface area contributed by atoms with Gasteiger partial charge in [0.2, 0.25) is 10.0 Å². The summed E-state index contributed by atoms with van der Waals surface area (Å²) in [5, 5.41) is 10.5. The molecule has 0 amide bonds. The summed E-state index contributed by atoms with van der Waals surface area (Å²) in [4.78, 5) is 0. The molecule has 0 unspecified atom stereocenters. The molecule has 0 saturated heterocycles. The van der Waals surface area contributed by atoms with E-state index in [1.54, 1.807) is 32.0 Å². The van der Waals surface area contributed by atoms with Crippen LogP contribution >= 0.6 is 0 Å². The molecule has 0 aliphatic heterocycles. The van der Waals surface area contributed by atoms with Crippen molar-refractivity contribution in [2.24, 2.45) is 0 Å². The molecule has 1 aromatic heterocycles. The number of nitrogens with one attached hydrogen (secondary N) is 2. The largest absolute Gasteiger partial charge is 0.397 e. The fraction of sp³-hybridized carbons (Fsp3) is 0.176. The smallest absolute Gasteiger partial charge is 0.235 e. The van der Waals surface area contributed by atoms with Crippen LogP contribution in [0.1, 0.15) is 13.8 Å². The zero-order valence-electron chi connectivity index (χ0n) is 13.9. The van der Waals surface area contributed by atoms with Crippen molar-refractivity contribution in [2.45, 2.75) is 19.1 Å². The van der Waals surface area contributed by atoms with Gasteiger partial charge in [-0.1, -0.05) is 36.4 Å². The summed E-state index contributed by atoms with van der Waals surface area (Å²) in [6.07, 6.45) is 0. The van der Waals surface area contributed by atoms with Crippen molar-refractivity contribution >= 4 is 21.4 Å². The van der Waals surface area contributed by atoms with E-state index in [1.807, 2.05) is 30.3 Å². The van der Waals surface area contributed by atoms with Crippen molar-refractivity contribution in [1.29, 1.82) is 0 Å². The fourth-order valence-electron chi connectivity index (χ4n) is 2.29. The van der Waals surface area contributed by atoms with Gasteiger partial charge >= 0.3 is 0 Å². The second-order valence-electron chi connectivity index (χ2n) is 5.88. The van der Waals surface area contributed by atoms with E-state index in [9.17, 15) is 8.42 Å². The normalized spacial score (nSPS) is 11.6. The van der Waals surface area contributed by atoms with Crippen LogP contribution in [0, 0.1) is 0 Å². The number of anilines is 2. The Bertz CT molecular complexity index is 981. The lowest BCUT2D eigenvalue weighted by atomic mass is 10.0.